The number of carbonyl (C=O) groups excluding carboxylic acids is 3. The van der Waals surface area contributed by atoms with Crippen molar-refractivity contribution >= 4 is 17.9 Å². The van der Waals surface area contributed by atoms with Gasteiger partial charge in [0, 0.05) is 19.8 Å². The zero-order valence-electron chi connectivity index (χ0n) is 40.1. The Kier molecular flexibility index (Phi) is 22.5. The van der Waals surface area contributed by atoms with E-state index in [2.05, 4.69) is 6.58 Å². The molecule has 3 saturated heterocycles. The van der Waals surface area contributed by atoms with Gasteiger partial charge in [-0.25, -0.2) is 14.4 Å². The van der Waals surface area contributed by atoms with Gasteiger partial charge in [-0.05, 0) is 68.5 Å². The maximum Gasteiger partial charge on any atom is 0.338 e. The van der Waals surface area contributed by atoms with E-state index < -0.39 is 98.3 Å². The lowest BCUT2D eigenvalue weighted by Crippen LogP contribution is -2.44. The van der Waals surface area contributed by atoms with Crippen LogP contribution in [0.2, 0.25) is 0 Å². The van der Waals surface area contributed by atoms with Crippen LogP contribution in [0.4, 0.5) is 0 Å². The summed E-state index contributed by atoms with van der Waals surface area (Å²) in [6, 6.07) is 25.7. The van der Waals surface area contributed by atoms with Crippen molar-refractivity contribution < 1.29 is 76.3 Å². The summed E-state index contributed by atoms with van der Waals surface area (Å²) in [6.45, 7) is 10.4. The molecule has 378 valence electrons. The first-order valence-corrected chi connectivity index (χ1v) is 24.5. The Labute approximate surface area is 405 Å². The molecular weight excluding hydrogens is 893 g/mol. The zero-order chi connectivity index (χ0) is 48.8. The molecule has 3 aliphatic heterocycles. The van der Waals surface area contributed by atoms with Crippen molar-refractivity contribution in [3.8, 4) is 0 Å². The number of hydrogen-bond donors (Lipinski definition) is 1. The monoisotopic (exact) mass is 962 g/mol. The van der Waals surface area contributed by atoms with Crippen LogP contribution < -0.4 is 0 Å². The number of carbonyl (C=O) groups is 3. The van der Waals surface area contributed by atoms with Gasteiger partial charge in [-0.1, -0.05) is 101 Å². The summed E-state index contributed by atoms with van der Waals surface area (Å²) in [5.41, 5.74) is 0.978. The number of unbranched alkanes of at least 4 members (excludes halogenated alkanes) is 4. The first-order valence-electron chi connectivity index (χ1n) is 24.5. The summed E-state index contributed by atoms with van der Waals surface area (Å²) < 4.78 is 75.9. The second kappa shape index (κ2) is 28.9. The summed E-state index contributed by atoms with van der Waals surface area (Å²) in [5, 5.41) is 10.4. The molecule has 69 heavy (non-hydrogen) atoms. The van der Waals surface area contributed by atoms with E-state index in [0.29, 0.717) is 62.4 Å². The van der Waals surface area contributed by atoms with E-state index in [0.717, 1.165) is 32.1 Å². The van der Waals surface area contributed by atoms with E-state index in [1.54, 1.807) is 91.0 Å². The van der Waals surface area contributed by atoms with Crippen molar-refractivity contribution in [1.29, 1.82) is 0 Å². The molecule has 12 atom stereocenters. The van der Waals surface area contributed by atoms with Gasteiger partial charge in [-0.3, -0.25) is 0 Å². The van der Waals surface area contributed by atoms with E-state index in [-0.39, 0.29) is 13.2 Å². The molecular formula is C53H70O16. The molecule has 16 heteroatoms. The van der Waals surface area contributed by atoms with E-state index in [1.165, 1.54) is 0 Å². The number of aliphatic hydroxyl groups excluding tert-OH is 1. The molecule has 16 nitrogen and oxygen atoms in total. The molecule has 0 amide bonds. The highest BCUT2D eigenvalue weighted by Gasteiger charge is 2.54. The van der Waals surface area contributed by atoms with Gasteiger partial charge in [0.2, 0.25) is 0 Å². The molecule has 0 saturated carbocycles. The summed E-state index contributed by atoms with van der Waals surface area (Å²) in [4.78, 5) is 40.9. The maximum atomic E-state index is 13.8. The summed E-state index contributed by atoms with van der Waals surface area (Å²) in [5.74, 6) is -1.82. The van der Waals surface area contributed by atoms with Gasteiger partial charge in [-0.2, -0.15) is 0 Å². The molecule has 0 bridgehead atoms. The normalized spacial score (nSPS) is 27.5. The minimum absolute atomic E-state index is 0.166. The standard InChI is InChI=1S/C53H70O16/c1-5-9-22-32-61-51-46(68-49(56)37-25-18-14-19-26-37)43(59-30-11-7-3)40(65-51)34-63-53-47(69-50(57)38-27-20-15-21-28-38)44(60-31-12-8-4)41(66-53)35-62-52-45(67-48(55)36-23-16-13-17-24-36)42(39(33-54)64-52)58-29-10-6-2/h5,13-21,23-28,39-47,51-54H,1,6-12,22,29-35H2,2-4H3. The third kappa shape index (κ3) is 15.4. The molecule has 3 heterocycles. The predicted octanol–water partition coefficient (Wildman–Crippen LogP) is 7.40. The molecule has 6 rings (SSSR count). The highest BCUT2D eigenvalue weighted by molar-refractivity contribution is 5.90. The largest absolute Gasteiger partial charge is 0.450 e. The van der Waals surface area contributed by atoms with Gasteiger partial charge >= 0.3 is 17.9 Å². The van der Waals surface area contributed by atoms with E-state index in [9.17, 15) is 19.5 Å². The number of allylic oxidation sites excluding steroid dienone is 1. The Balaban J connectivity index is 1.26. The number of ether oxygens (including phenoxy) is 12. The second-order valence-electron chi connectivity index (χ2n) is 17.1. The topological polar surface area (TPSA) is 182 Å². The van der Waals surface area contributed by atoms with Crippen LogP contribution in [-0.2, 0) is 56.8 Å². The fourth-order valence-electron chi connectivity index (χ4n) is 8.07. The SMILES string of the molecule is C=CCCCOC1OC(COC2OC(COC3OC(CO)C(OCCCC)C3OC(=O)c3ccccc3)C(OCCCC)C2OC(=O)c2ccccc2)C(OCCCC)C1OC(=O)c1ccccc1. The zero-order valence-corrected chi connectivity index (χ0v) is 40.1. The van der Waals surface area contributed by atoms with Crippen LogP contribution in [0.5, 0.6) is 0 Å². The van der Waals surface area contributed by atoms with Crippen LogP contribution in [0.3, 0.4) is 0 Å². The predicted molar refractivity (Wildman–Crippen MR) is 251 cm³/mol. The Morgan fingerprint density at radius 2 is 0.812 bits per heavy atom. The minimum Gasteiger partial charge on any atom is -0.450 e. The lowest BCUT2D eigenvalue weighted by atomic mass is 10.1. The van der Waals surface area contributed by atoms with Crippen LogP contribution in [-0.4, -0.2) is 143 Å². The molecule has 0 radical (unpaired) electrons. The Bertz CT molecular complexity index is 1950. The Morgan fingerprint density at radius 1 is 0.478 bits per heavy atom. The maximum absolute atomic E-state index is 13.8. The lowest BCUT2D eigenvalue weighted by Gasteiger charge is -2.27. The van der Waals surface area contributed by atoms with Gasteiger partial charge in [0.05, 0.1) is 43.1 Å². The van der Waals surface area contributed by atoms with E-state index in [4.69, 9.17) is 56.8 Å². The van der Waals surface area contributed by atoms with Crippen molar-refractivity contribution in [2.75, 3.05) is 46.2 Å². The molecule has 3 fully saturated rings. The number of benzene rings is 3. The van der Waals surface area contributed by atoms with Gasteiger partial charge in [0.1, 0.15) is 36.6 Å². The molecule has 12 unspecified atom stereocenters. The van der Waals surface area contributed by atoms with E-state index >= 15 is 0 Å². The van der Waals surface area contributed by atoms with Crippen LogP contribution in [0.15, 0.2) is 104 Å². The highest BCUT2D eigenvalue weighted by Crippen LogP contribution is 2.35. The third-order valence-corrected chi connectivity index (χ3v) is 11.8. The fraction of sp³-hybridized carbons (Fsp3) is 0.566. The minimum atomic E-state index is -1.23. The number of esters is 3. The van der Waals surface area contributed by atoms with Crippen molar-refractivity contribution in [2.24, 2.45) is 0 Å². The van der Waals surface area contributed by atoms with Crippen molar-refractivity contribution in [1.82, 2.24) is 0 Å². The van der Waals surface area contributed by atoms with E-state index in [1.807, 2.05) is 26.8 Å². The molecule has 1 N–H and O–H groups in total. The van der Waals surface area contributed by atoms with Gasteiger partial charge < -0.3 is 61.9 Å². The molecule has 0 aliphatic carbocycles. The van der Waals surface area contributed by atoms with Crippen LogP contribution in [0.25, 0.3) is 0 Å². The first-order chi connectivity index (χ1) is 33.8. The average molecular weight is 963 g/mol. The fourth-order valence-corrected chi connectivity index (χ4v) is 8.07. The Morgan fingerprint density at radius 3 is 1.16 bits per heavy atom. The third-order valence-electron chi connectivity index (χ3n) is 11.8. The lowest BCUT2D eigenvalue weighted by molar-refractivity contribution is -0.219. The smallest absolute Gasteiger partial charge is 0.338 e. The molecule has 3 aromatic carbocycles. The molecule has 3 aromatic rings. The van der Waals surface area contributed by atoms with Crippen molar-refractivity contribution in [3.63, 3.8) is 0 Å². The van der Waals surface area contributed by atoms with Crippen molar-refractivity contribution in [2.45, 2.75) is 146 Å². The average Bonchev–Trinajstić information content (AvgIpc) is 4.01. The quantitative estimate of drug-likeness (QED) is 0.0302. The van der Waals surface area contributed by atoms with Gasteiger partial charge in [0.15, 0.2) is 37.2 Å². The first kappa shape index (κ1) is 53.8. The molecule has 0 aromatic heterocycles. The number of aliphatic hydroxyl groups is 1. The molecule has 3 aliphatic rings. The van der Waals surface area contributed by atoms with Crippen LogP contribution in [0, 0.1) is 0 Å². The second-order valence-corrected chi connectivity index (χ2v) is 17.1. The van der Waals surface area contributed by atoms with Gasteiger partial charge in [0.25, 0.3) is 0 Å². The highest BCUT2D eigenvalue weighted by atomic mass is 16.8. The number of hydrogen-bond acceptors (Lipinski definition) is 16. The van der Waals surface area contributed by atoms with Gasteiger partial charge in [-0.15, -0.1) is 6.58 Å². The summed E-state index contributed by atoms with van der Waals surface area (Å²) >= 11 is 0. The Hall–Kier alpha value is -4.59. The summed E-state index contributed by atoms with van der Waals surface area (Å²) in [6.07, 6.45) is -3.98. The van der Waals surface area contributed by atoms with Crippen LogP contribution >= 0.6 is 0 Å². The van der Waals surface area contributed by atoms with Crippen LogP contribution in [0.1, 0.15) is 103 Å². The molecule has 0 spiro atoms. The van der Waals surface area contributed by atoms with Crippen molar-refractivity contribution in [3.05, 3.63) is 120 Å². The summed E-state index contributed by atoms with van der Waals surface area (Å²) in [7, 11) is 0. The number of rotatable bonds is 30.